The Balaban J connectivity index is 0. The van der Waals surface area contributed by atoms with Gasteiger partial charge < -0.3 is 22.6 Å². The van der Waals surface area contributed by atoms with Crippen LogP contribution in [0.5, 0.6) is 0 Å². The molecule has 0 atom stereocenters. The van der Waals surface area contributed by atoms with Crippen LogP contribution in [-0.4, -0.2) is 0 Å². The van der Waals surface area contributed by atoms with E-state index in [1.807, 2.05) is 22.6 Å². The van der Waals surface area contributed by atoms with Crippen LogP contribution in [-0.2, 0) is 4.92 Å². The van der Waals surface area contributed by atoms with Crippen LogP contribution >= 0.6 is 82.5 Å². The molecular weight excluding hydrogens is 571 g/mol. The first-order valence-electron chi connectivity index (χ1n) is 0.774. The Labute approximate surface area is 89.8 Å². The van der Waals surface area contributed by atoms with Crippen LogP contribution in [0, 0.1) is 4.93 Å². The standard InChI is InChI=1S/CH2I.3HI.V/c1-2;;;;/h1H2;3*1H;/q-1;;;;+3/p-3. The minimum atomic E-state index is -0.278. The summed E-state index contributed by atoms with van der Waals surface area (Å²) in [5.41, 5.74) is 0. The van der Waals surface area contributed by atoms with Crippen molar-refractivity contribution in [3.05, 3.63) is 4.93 Å². The zero-order valence-corrected chi connectivity index (χ0v) is 12.7. The van der Waals surface area contributed by atoms with Crippen molar-refractivity contribution >= 4 is 82.5 Å². The fourth-order valence-corrected chi connectivity index (χ4v) is 0. The fraction of sp³-hybridized carbons (Fsp3) is 0. The van der Waals surface area contributed by atoms with Crippen LogP contribution in [0.3, 0.4) is 0 Å². The van der Waals surface area contributed by atoms with E-state index in [4.69, 9.17) is 0 Å². The number of rotatable bonds is 0. The Morgan fingerprint density at radius 1 is 1.00 bits per heavy atom. The van der Waals surface area contributed by atoms with Gasteiger partial charge in [-0.2, -0.15) is 0 Å². The van der Waals surface area contributed by atoms with E-state index in [9.17, 15) is 0 Å². The van der Waals surface area contributed by atoms with Crippen molar-refractivity contribution in [2.75, 3.05) is 0 Å². The van der Waals surface area contributed by atoms with Crippen LogP contribution in [0.15, 0.2) is 0 Å². The van der Waals surface area contributed by atoms with Crippen molar-refractivity contribution < 1.29 is 4.92 Å². The predicted octanol–water partition coefficient (Wildman–Crippen LogP) is 3.87. The zero-order chi connectivity index (χ0) is 5.58. The molecule has 6 heavy (non-hydrogen) atoms. The van der Waals surface area contributed by atoms with Crippen molar-refractivity contribution in [1.82, 2.24) is 0 Å². The summed E-state index contributed by atoms with van der Waals surface area (Å²) in [6.45, 7) is 0. The molecular formula is CH2I4V-. The molecule has 0 heterocycles. The molecule has 5 heteroatoms. The molecule has 0 aromatic rings. The Morgan fingerprint density at radius 2 is 1.00 bits per heavy atom. The quantitative estimate of drug-likeness (QED) is 0.306. The molecule has 0 radical (unpaired) electrons. The Bertz CT molecular complexity index is 12.3. The Morgan fingerprint density at radius 3 is 1.00 bits per heavy atom. The van der Waals surface area contributed by atoms with E-state index >= 15 is 0 Å². The first-order chi connectivity index (χ1) is 2.73. The van der Waals surface area contributed by atoms with Crippen LogP contribution in [0.4, 0.5) is 0 Å². The van der Waals surface area contributed by atoms with Gasteiger partial charge in [0.25, 0.3) is 0 Å². The maximum atomic E-state index is 3.22. The molecule has 0 saturated carbocycles. The topological polar surface area (TPSA) is 0 Å². The molecule has 0 N–H and O–H groups in total. The van der Waals surface area contributed by atoms with Crippen molar-refractivity contribution in [3.63, 3.8) is 0 Å². The van der Waals surface area contributed by atoms with E-state index < -0.39 is 0 Å². The molecule has 40 valence electrons. The van der Waals surface area contributed by atoms with Crippen molar-refractivity contribution in [3.8, 4) is 0 Å². The van der Waals surface area contributed by atoms with Gasteiger partial charge in [0.1, 0.15) is 0 Å². The van der Waals surface area contributed by atoms with Gasteiger partial charge in [-0.1, -0.05) is 0 Å². The Hall–Kier alpha value is 3.50. The van der Waals surface area contributed by atoms with Crippen LogP contribution in [0.25, 0.3) is 0 Å². The van der Waals surface area contributed by atoms with Gasteiger partial charge in [0.2, 0.25) is 0 Å². The minimum absolute atomic E-state index is 0.278. The SMILES string of the molecule is [CH2-]I.[I][V]([I])[I]. The second kappa shape index (κ2) is 11.3. The average Bonchev–Trinajstić information content (AvgIpc) is 1.41. The predicted molar refractivity (Wildman–Crippen MR) is 61.4 cm³/mol. The summed E-state index contributed by atoms with van der Waals surface area (Å²) in [6.07, 6.45) is 0. The Kier molecular flexibility index (Phi) is 23.0. The van der Waals surface area contributed by atoms with Gasteiger partial charge in [-0.15, -0.1) is 0 Å². The molecule has 0 amide bonds. The molecule has 0 aromatic heterocycles. The first kappa shape index (κ1) is 12.2. The van der Waals surface area contributed by atoms with Gasteiger partial charge in [0.05, 0.1) is 0 Å². The van der Waals surface area contributed by atoms with Crippen molar-refractivity contribution in [2.24, 2.45) is 0 Å². The van der Waals surface area contributed by atoms with E-state index in [-0.39, 0.29) is 4.92 Å². The molecule has 0 aliphatic carbocycles. The summed E-state index contributed by atoms with van der Waals surface area (Å²) in [5, 5.41) is 0. The third-order valence-corrected chi connectivity index (χ3v) is 0. The molecule has 0 fully saturated rings. The van der Waals surface area contributed by atoms with Gasteiger partial charge in [0, 0.05) is 0 Å². The average molecular weight is 573 g/mol. The monoisotopic (exact) mass is 573 g/mol. The van der Waals surface area contributed by atoms with Gasteiger partial charge in [0.15, 0.2) is 0 Å². The van der Waals surface area contributed by atoms with E-state index in [0.717, 1.165) is 0 Å². The normalized spacial score (nSPS) is 7.00. The summed E-state index contributed by atoms with van der Waals surface area (Å²) in [6, 6.07) is 0. The molecule has 0 aromatic carbocycles. The second-order valence-corrected chi connectivity index (χ2v) is 35.6. The van der Waals surface area contributed by atoms with Crippen molar-refractivity contribution in [1.29, 1.82) is 0 Å². The first-order valence-corrected chi connectivity index (χ1v) is 15.8. The molecule has 0 spiro atoms. The third-order valence-electron chi connectivity index (χ3n) is 0. The summed E-state index contributed by atoms with van der Waals surface area (Å²) in [5.74, 6) is 0. The number of hydrogen-bond acceptors (Lipinski definition) is 0. The second-order valence-electron chi connectivity index (χ2n) is 0.192. The number of halogens is 4. The van der Waals surface area contributed by atoms with Gasteiger partial charge in [-0.25, -0.2) is 0 Å². The zero-order valence-electron chi connectivity index (χ0n) is 2.67. The summed E-state index contributed by atoms with van der Waals surface area (Å²) < 4.78 is 0. The number of hydrogen-bond donors (Lipinski definition) is 0. The molecule has 0 unspecified atom stereocenters. The molecule has 0 rings (SSSR count). The van der Waals surface area contributed by atoms with Crippen LogP contribution in [0.2, 0.25) is 0 Å². The summed E-state index contributed by atoms with van der Waals surface area (Å²) in [7, 11) is 0. The van der Waals surface area contributed by atoms with E-state index in [1.165, 1.54) is 0 Å². The van der Waals surface area contributed by atoms with E-state index in [0.29, 0.717) is 0 Å². The van der Waals surface area contributed by atoms with Gasteiger partial charge >= 0.3 is 64.9 Å². The third kappa shape index (κ3) is 25.9. The maximum absolute atomic E-state index is 3.22. The van der Waals surface area contributed by atoms with Crippen LogP contribution in [0.1, 0.15) is 0 Å². The van der Waals surface area contributed by atoms with Crippen LogP contribution < -0.4 is 0 Å². The molecule has 0 aliphatic heterocycles. The summed E-state index contributed by atoms with van der Waals surface area (Å²) >= 11 is 9.29. The molecule has 0 nitrogen and oxygen atoms in total. The van der Waals surface area contributed by atoms with E-state index in [1.54, 1.807) is 0 Å². The molecule has 0 bridgehead atoms. The van der Waals surface area contributed by atoms with Crippen molar-refractivity contribution in [2.45, 2.75) is 0 Å². The molecule has 0 aliphatic rings. The van der Waals surface area contributed by atoms with Gasteiger partial charge in [-0.3, -0.25) is 4.93 Å². The fourth-order valence-electron chi connectivity index (χ4n) is 0. The molecule has 0 saturated heterocycles. The van der Waals surface area contributed by atoms with E-state index in [2.05, 4.69) is 64.9 Å². The summed E-state index contributed by atoms with van der Waals surface area (Å²) in [4.78, 5) is 2.94. The van der Waals surface area contributed by atoms with Gasteiger partial charge in [-0.05, 0) is 0 Å².